The van der Waals surface area contributed by atoms with Crippen LogP contribution in [0.3, 0.4) is 0 Å². The van der Waals surface area contributed by atoms with Gasteiger partial charge in [-0.15, -0.1) is 0 Å². The van der Waals surface area contributed by atoms with Crippen molar-refractivity contribution in [2.75, 3.05) is 19.0 Å². The van der Waals surface area contributed by atoms with E-state index < -0.39 is 0 Å². The SMILES string of the molecule is CCOC(=O)C(C)Cc1cccc(Cn2nc(-c3ncc(OC)c(Nc4ccncc4)n3)c3ccccc32)c1. The topological polar surface area (TPSA) is 104 Å². The second kappa shape index (κ2) is 11.7. The van der Waals surface area contributed by atoms with Crippen molar-refractivity contribution in [1.29, 1.82) is 0 Å². The number of methoxy groups -OCH3 is 1. The van der Waals surface area contributed by atoms with E-state index in [1.807, 2.05) is 67.1 Å². The van der Waals surface area contributed by atoms with Crippen LogP contribution in [0.15, 0.2) is 79.3 Å². The Morgan fingerprint density at radius 2 is 1.85 bits per heavy atom. The molecule has 198 valence electrons. The molecule has 9 nitrogen and oxygen atoms in total. The predicted molar refractivity (Wildman–Crippen MR) is 150 cm³/mol. The number of hydrogen-bond acceptors (Lipinski definition) is 8. The van der Waals surface area contributed by atoms with Gasteiger partial charge >= 0.3 is 5.97 Å². The fraction of sp³-hybridized carbons (Fsp3) is 0.233. The van der Waals surface area contributed by atoms with Crippen LogP contribution < -0.4 is 10.1 Å². The van der Waals surface area contributed by atoms with Gasteiger partial charge in [0.1, 0.15) is 5.69 Å². The molecule has 1 N–H and O–H groups in total. The number of nitrogens with zero attached hydrogens (tertiary/aromatic N) is 5. The van der Waals surface area contributed by atoms with Crippen molar-refractivity contribution >= 4 is 28.4 Å². The van der Waals surface area contributed by atoms with Crippen molar-refractivity contribution in [2.24, 2.45) is 5.92 Å². The molecular formula is C30H30N6O3. The number of ether oxygens (including phenoxy) is 2. The first-order valence-electron chi connectivity index (χ1n) is 12.8. The Labute approximate surface area is 226 Å². The molecule has 5 rings (SSSR count). The largest absolute Gasteiger partial charge is 0.491 e. The van der Waals surface area contributed by atoms with Crippen LogP contribution in [-0.2, 0) is 22.5 Å². The van der Waals surface area contributed by atoms with E-state index in [1.54, 1.807) is 25.7 Å². The molecule has 39 heavy (non-hydrogen) atoms. The number of rotatable bonds is 10. The molecule has 9 heteroatoms. The standard InChI is InChI=1S/C30H30N6O3/c1-4-39-30(37)20(2)16-21-8-7-9-22(17-21)19-36-25-11-6-5-10-24(25)27(35-36)29-32-18-26(38-3)28(34-29)33-23-12-14-31-15-13-23/h5-15,17-18,20H,4,16,19H2,1-3H3,(H,31,32,33,34). The number of benzene rings is 2. The normalized spacial score (nSPS) is 11.8. The van der Waals surface area contributed by atoms with Gasteiger partial charge in [-0.1, -0.05) is 49.4 Å². The van der Waals surface area contributed by atoms with Gasteiger partial charge in [-0.25, -0.2) is 9.97 Å². The highest BCUT2D eigenvalue weighted by molar-refractivity contribution is 5.92. The van der Waals surface area contributed by atoms with Crippen LogP contribution in [0.2, 0.25) is 0 Å². The van der Waals surface area contributed by atoms with E-state index in [0.29, 0.717) is 42.7 Å². The monoisotopic (exact) mass is 522 g/mol. The lowest BCUT2D eigenvalue weighted by atomic mass is 9.99. The highest BCUT2D eigenvalue weighted by Gasteiger charge is 2.18. The minimum absolute atomic E-state index is 0.178. The number of para-hydroxylation sites is 1. The summed E-state index contributed by atoms with van der Waals surface area (Å²) in [5.74, 6) is 1.16. The van der Waals surface area contributed by atoms with Crippen molar-refractivity contribution in [3.63, 3.8) is 0 Å². The fourth-order valence-electron chi connectivity index (χ4n) is 4.46. The van der Waals surface area contributed by atoms with E-state index in [0.717, 1.165) is 27.7 Å². The molecule has 0 aliphatic heterocycles. The summed E-state index contributed by atoms with van der Waals surface area (Å²) in [5.41, 5.74) is 4.65. The minimum Gasteiger partial charge on any atom is -0.491 e. The van der Waals surface area contributed by atoms with Crippen molar-refractivity contribution in [3.05, 3.63) is 90.4 Å². The summed E-state index contributed by atoms with van der Waals surface area (Å²) in [6.07, 6.45) is 5.68. The van der Waals surface area contributed by atoms with Crippen LogP contribution in [0.5, 0.6) is 5.75 Å². The lowest BCUT2D eigenvalue weighted by Gasteiger charge is -2.12. The summed E-state index contributed by atoms with van der Waals surface area (Å²) in [7, 11) is 1.59. The van der Waals surface area contributed by atoms with Crippen molar-refractivity contribution in [2.45, 2.75) is 26.8 Å². The Morgan fingerprint density at radius 3 is 2.64 bits per heavy atom. The Bertz CT molecular complexity index is 1580. The summed E-state index contributed by atoms with van der Waals surface area (Å²) >= 11 is 0. The molecular weight excluding hydrogens is 492 g/mol. The maximum Gasteiger partial charge on any atom is 0.308 e. The summed E-state index contributed by atoms with van der Waals surface area (Å²) in [4.78, 5) is 25.5. The summed E-state index contributed by atoms with van der Waals surface area (Å²) in [6, 6.07) is 20.0. The molecule has 0 spiro atoms. The molecule has 0 amide bonds. The molecule has 0 saturated carbocycles. The minimum atomic E-state index is -0.209. The van der Waals surface area contributed by atoms with E-state index in [2.05, 4.69) is 27.4 Å². The fourth-order valence-corrected chi connectivity index (χ4v) is 4.46. The first-order chi connectivity index (χ1) is 19.1. The van der Waals surface area contributed by atoms with Crippen LogP contribution in [0, 0.1) is 5.92 Å². The molecule has 2 aromatic carbocycles. The third-order valence-corrected chi connectivity index (χ3v) is 6.34. The van der Waals surface area contributed by atoms with Gasteiger partial charge in [0.2, 0.25) is 0 Å². The average Bonchev–Trinajstić information content (AvgIpc) is 3.32. The van der Waals surface area contributed by atoms with Gasteiger partial charge in [0, 0.05) is 23.5 Å². The van der Waals surface area contributed by atoms with Gasteiger partial charge in [-0.05, 0) is 42.7 Å². The Kier molecular flexibility index (Phi) is 7.77. The van der Waals surface area contributed by atoms with Crippen molar-refractivity contribution in [1.82, 2.24) is 24.7 Å². The van der Waals surface area contributed by atoms with Crippen molar-refractivity contribution < 1.29 is 14.3 Å². The third kappa shape index (κ3) is 5.87. The van der Waals surface area contributed by atoms with E-state index in [-0.39, 0.29) is 11.9 Å². The lowest BCUT2D eigenvalue weighted by Crippen LogP contribution is -2.17. The van der Waals surface area contributed by atoms with Crippen LogP contribution in [-0.4, -0.2) is 44.4 Å². The van der Waals surface area contributed by atoms with Crippen LogP contribution in [0.4, 0.5) is 11.5 Å². The number of hydrogen-bond donors (Lipinski definition) is 1. The number of esters is 1. The number of nitrogens with one attached hydrogen (secondary N) is 1. The molecule has 3 aromatic heterocycles. The number of fused-ring (bicyclic) bond motifs is 1. The van der Waals surface area contributed by atoms with Crippen LogP contribution >= 0.6 is 0 Å². The predicted octanol–water partition coefficient (Wildman–Crippen LogP) is 5.43. The van der Waals surface area contributed by atoms with Gasteiger partial charge in [-0.2, -0.15) is 5.10 Å². The Hall–Kier alpha value is -4.79. The van der Waals surface area contributed by atoms with Gasteiger partial charge < -0.3 is 14.8 Å². The van der Waals surface area contributed by atoms with Gasteiger partial charge in [0.25, 0.3) is 0 Å². The first kappa shape index (κ1) is 25.8. The van der Waals surface area contributed by atoms with E-state index in [4.69, 9.17) is 19.6 Å². The maximum atomic E-state index is 12.1. The Morgan fingerprint density at radius 1 is 1.05 bits per heavy atom. The maximum absolute atomic E-state index is 12.1. The van der Waals surface area contributed by atoms with Crippen LogP contribution in [0.1, 0.15) is 25.0 Å². The second-order valence-corrected chi connectivity index (χ2v) is 9.17. The lowest BCUT2D eigenvalue weighted by molar-refractivity contribution is -0.147. The van der Waals surface area contributed by atoms with Gasteiger partial charge in [0.05, 0.1) is 37.9 Å². The zero-order valence-electron chi connectivity index (χ0n) is 22.2. The number of aromatic nitrogens is 5. The van der Waals surface area contributed by atoms with E-state index in [1.165, 1.54) is 0 Å². The summed E-state index contributed by atoms with van der Waals surface area (Å²) in [6.45, 7) is 4.66. The number of carbonyl (C=O) groups is 1. The molecule has 1 atom stereocenters. The van der Waals surface area contributed by atoms with Crippen molar-refractivity contribution in [3.8, 4) is 17.3 Å². The zero-order chi connectivity index (χ0) is 27.2. The van der Waals surface area contributed by atoms with Crippen LogP contribution in [0.25, 0.3) is 22.4 Å². The third-order valence-electron chi connectivity index (χ3n) is 6.34. The van der Waals surface area contributed by atoms with Gasteiger partial charge in [-0.3, -0.25) is 14.5 Å². The molecule has 5 aromatic rings. The number of carbonyl (C=O) groups excluding carboxylic acids is 1. The quantitative estimate of drug-likeness (QED) is 0.242. The zero-order valence-corrected chi connectivity index (χ0v) is 22.2. The highest BCUT2D eigenvalue weighted by atomic mass is 16.5. The first-order valence-corrected chi connectivity index (χ1v) is 12.8. The number of pyridine rings is 1. The van der Waals surface area contributed by atoms with E-state index >= 15 is 0 Å². The molecule has 0 radical (unpaired) electrons. The molecule has 3 heterocycles. The second-order valence-electron chi connectivity index (χ2n) is 9.17. The summed E-state index contributed by atoms with van der Waals surface area (Å²) in [5, 5.41) is 9.17. The molecule has 0 aliphatic rings. The van der Waals surface area contributed by atoms with E-state index in [9.17, 15) is 4.79 Å². The average molecular weight is 523 g/mol. The molecule has 0 bridgehead atoms. The smallest absolute Gasteiger partial charge is 0.308 e. The molecule has 1 unspecified atom stereocenters. The molecule has 0 aliphatic carbocycles. The molecule has 0 saturated heterocycles. The Balaban J connectivity index is 1.46. The van der Waals surface area contributed by atoms with Gasteiger partial charge in [0.15, 0.2) is 17.4 Å². The molecule has 0 fully saturated rings. The highest BCUT2D eigenvalue weighted by Crippen LogP contribution is 2.31. The number of anilines is 2. The summed E-state index contributed by atoms with van der Waals surface area (Å²) < 4.78 is 12.6.